The fourth-order valence-corrected chi connectivity index (χ4v) is 3.04. The number of imidazole rings is 1. The third-order valence-electron chi connectivity index (χ3n) is 4.01. The van der Waals surface area contributed by atoms with Crippen molar-refractivity contribution in [2.45, 2.75) is 47.2 Å². The molecule has 132 valence electrons. The van der Waals surface area contributed by atoms with E-state index in [-0.39, 0.29) is 16.7 Å². The summed E-state index contributed by atoms with van der Waals surface area (Å²) in [5.41, 5.74) is 0.985. The van der Waals surface area contributed by atoms with Gasteiger partial charge in [0.1, 0.15) is 0 Å². The van der Waals surface area contributed by atoms with Crippen molar-refractivity contribution in [1.82, 2.24) is 18.7 Å². The highest BCUT2D eigenvalue weighted by Crippen LogP contribution is 2.20. The average molecular weight is 340 g/mol. The molecule has 0 fully saturated rings. The molecule has 1 aromatic carbocycles. The average Bonchev–Trinajstić information content (AvgIpc) is 2.94. The molecule has 0 saturated heterocycles. The van der Waals surface area contributed by atoms with Crippen LogP contribution >= 0.6 is 0 Å². The van der Waals surface area contributed by atoms with Crippen molar-refractivity contribution < 1.29 is 0 Å². The summed E-state index contributed by atoms with van der Waals surface area (Å²) in [6.07, 6.45) is 2.37. The Labute approximate surface area is 146 Å². The van der Waals surface area contributed by atoms with Gasteiger partial charge in [-0.05, 0) is 24.0 Å². The molecule has 25 heavy (non-hydrogen) atoms. The number of hydrogen-bond donors (Lipinski definition) is 0. The van der Waals surface area contributed by atoms with Crippen LogP contribution in [0.15, 0.2) is 46.2 Å². The summed E-state index contributed by atoms with van der Waals surface area (Å²) in [6.45, 7) is 9.32. The molecule has 0 saturated carbocycles. The highest BCUT2D eigenvalue weighted by atomic mass is 16.2. The Hall–Kier alpha value is -2.63. The number of nitrogens with zero attached hydrogens (tertiary/aromatic N) is 4. The first-order valence-electron chi connectivity index (χ1n) is 8.59. The summed E-state index contributed by atoms with van der Waals surface area (Å²) in [6, 6.07) is 9.34. The minimum Gasteiger partial charge on any atom is -0.324 e. The van der Waals surface area contributed by atoms with Gasteiger partial charge >= 0.3 is 5.69 Å². The van der Waals surface area contributed by atoms with Crippen molar-refractivity contribution in [3.63, 3.8) is 0 Å². The lowest BCUT2D eigenvalue weighted by atomic mass is 9.97. The third kappa shape index (κ3) is 3.16. The Morgan fingerprint density at radius 2 is 1.76 bits per heavy atom. The van der Waals surface area contributed by atoms with Gasteiger partial charge in [-0.1, -0.05) is 45.9 Å². The van der Waals surface area contributed by atoms with Crippen LogP contribution in [0.1, 0.15) is 34.1 Å². The molecule has 0 spiro atoms. The molecular weight excluding hydrogens is 316 g/mol. The second-order valence-corrected chi connectivity index (χ2v) is 7.52. The number of para-hydroxylation sites is 1. The predicted octanol–water partition coefficient (Wildman–Crippen LogP) is 2.81. The van der Waals surface area contributed by atoms with E-state index in [0.29, 0.717) is 36.4 Å². The molecule has 3 rings (SSSR count). The van der Waals surface area contributed by atoms with E-state index in [4.69, 9.17) is 0 Å². The lowest BCUT2D eigenvalue weighted by Gasteiger charge is -2.19. The molecule has 0 N–H and O–H groups in total. The Morgan fingerprint density at radius 3 is 2.36 bits per heavy atom. The molecule has 0 aliphatic rings. The van der Waals surface area contributed by atoms with Crippen molar-refractivity contribution in [1.29, 1.82) is 0 Å². The zero-order chi connectivity index (χ0) is 18.2. The Bertz CT molecular complexity index is 1000. The third-order valence-corrected chi connectivity index (χ3v) is 4.01. The number of aromatic nitrogens is 4. The second-order valence-electron chi connectivity index (χ2n) is 7.52. The minimum absolute atomic E-state index is 0.0105. The van der Waals surface area contributed by atoms with Crippen LogP contribution in [-0.4, -0.2) is 18.7 Å². The van der Waals surface area contributed by atoms with E-state index >= 15 is 0 Å². The molecule has 2 heterocycles. The van der Waals surface area contributed by atoms with Crippen molar-refractivity contribution in [2.75, 3.05) is 0 Å². The summed E-state index contributed by atoms with van der Waals surface area (Å²) >= 11 is 0. The maximum absolute atomic E-state index is 13.0. The molecule has 2 aromatic heterocycles. The van der Waals surface area contributed by atoms with Crippen molar-refractivity contribution in [3.05, 3.63) is 57.5 Å². The van der Waals surface area contributed by atoms with Gasteiger partial charge in [0.15, 0.2) is 11.2 Å². The van der Waals surface area contributed by atoms with E-state index in [1.165, 1.54) is 9.13 Å². The minimum atomic E-state index is -0.341. The number of benzene rings is 1. The van der Waals surface area contributed by atoms with Crippen LogP contribution in [0, 0.1) is 5.41 Å². The molecule has 3 aromatic rings. The SMILES string of the molecule is CCCn1c(=O)c2c(ncn2CC(C)(C)C)n(-c2ccccc2)c1=O. The Morgan fingerprint density at radius 1 is 1.08 bits per heavy atom. The van der Waals surface area contributed by atoms with Crippen LogP contribution in [0.2, 0.25) is 0 Å². The van der Waals surface area contributed by atoms with E-state index in [2.05, 4.69) is 25.8 Å². The molecule has 0 bridgehead atoms. The van der Waals surface area contributed by atoms with Gasteiger partial charge in [-0.25, -0.2) is 14.3 Å². The Balaban J connectivity index is 2.40. The summed E-state index contributed by atoms with van der Waals surface area (Å²) in [7, 11) is 0. The quantitative estimate of drug-likeness (QED) is 0.734. The van der Waals surface area contributed by atoms with E-state index in [0.717, 1.165) is 0 Å². The highest BCUT2D eigenvalue weighted by Gasteiger charge is 2.21. The van der Waals surface area contributed by atoms with Crippen LogP contribution in [0.3, 0.4) is 0 Å². The van der Waals surface area contributed by atoms with Gasteiger partial charge in [-0.3, -0.25) is 9.36 Å². The van der Waals surface area contributed by atoms with E-state index in [1.54, 1.807) is 6.33 Å². The van der Waals surface area contributed by atoms with Gasteiger partial charge in [0.25, 0.3) is 5.56 Å². The summed E-state index contributed by atoms with van der Waals surface area (Å²) < 4.78 is 4.71. The molecule has 0 aliphatic carbocycles. The topological polar surface area (TPSA) is 61.8 Å². The van der Waals surface area contributed by atoms with Crippen LogP contribution < -0.4 is 11.2 Å². The zero-order valence-corrected chi connectivity index (χ0v) is 15.2. The van der Waals surface area contributed by atoms with Crippen molar-refractivity contribution in [3.8, 4) is 5.69 Å². The van der Waals surface area contributed by atoms with Gasteiger partial charge in [0.2, 0.25) is 0 Å². The first-order valence-corrected chi connectivity index (χ1v) is 8.59. The maximum atomic E-state index is 13.0. The lowest BCUT2D eigenvalue weighted by Crippen LogP contribution is -2.40. The number of hydrogen-bond acceptors (Lipinski definition) is 3. The normalized spacial score (nSPS) is 12.0. The molecule has 0 amide bonds. The molecule has 0 unspecified atom stereocenters. The smallest absolute Gasteiger partial charge is 0.324 e. The summed E-state index contributed by atoms with van der Waals surface area (Å²) in [5, 5.41) is 0. The summed E-state index contributed by atoms with van der Waals surface area (Å²) in [5.74, 6) is 0. The van der Waals surface area contributed by atoms with Gasteiger partial charge in [0, 0.05) is 13.1 Å². The van der Waals surface area contributed by atoms with Gasteiger partial charge < -0.3 is 4.57 Å². The standard InChI is InChI=1S/C19H24N4O2/c1-5-11-22-17(24)15-16(20-13-21(15)12-19(2,3)4)23(18(22)25)14-9-7-6-8-10-14/h6-10,13H,5,11-12H2,1-4H3. The predicted molar refractivity (Wildman–Crippen MR) is 99.3 cm³/mol. The molecule has 6 nitrogen and oxygen atoms in total. The monoisotopic (exact) mass is 340 g/mol. The number of fused-ring (bicyclic) bond motifs is 1. The van der Waals surface area contributed by atoms with Gasteiger partial charge in [0.05, 0.1) is 12.0 Å². The van der Waals surface area contributed by atoms with Crippen LogP contribution in [-0.2, 0) is 13.1 Å². The van der Waals surface area contributed by atoms with Crippen molar-refractivity contribution >= 4 is 11.2 Å². The zero-order valence-electron chi connectivity index (χ0n) is 15.2. The molecule has 0 aliphatic heterocycles. The van der Waals surface area contributed by atoms with Crippen LogP contribution in [0.5, 0.6) is 0 Å². The Kier molecular flexibility index (Phi) is 4.37. The largest absolute Gasteiger partial charge is 0.337 e. The first kappa shape index (κ1) is 17.2. The van der Waals surface area contributed by atoms with Gasteiger partial charge in [-0.15, -0.1) is 0 Å². The fourth-order valence-electron chi connectivity index (χ4n) is 3.04. The number of rotatable bonds is 4. The van der Waals surface area contributed by atoms with E-state index in [9.17, 15) is 9.59 Å². The van der Waals surface area contributed by atoms with Crippen molar-refractivity contribution in [2.24, 2.45) is 5.41 Å². The molecule has 6 heteroatoms. The highest BCUT2D eigenvalue weighted by molar-refractivity contribution is 5.72. The fraction of sp³-hybridized carbons (Fsp3) is 0.421. The lowest BCUT2D eigenvalue weighted by molar-refractivity contribution is 0.347. The molecule has 0 atom stereocenters. The van der Waals surface area contributed by atoms with E-state index < -0.39 is 0 Å². The van der Waals surface area contributed by atoms with Crippen LogP contribution in [0.4, 0.5) is 0 Å². The first-order chi connectivity index (χ1) is 11.8. The molecular formula is C19H24N4O2. The van der Waals surface area contributed by atoms with Crippen LogP contribution in [0.25, 0.3) is 16.9 Å². The van der Waals surface area contributed by atoms with E-state index in [1.807, 2.05) is 41.8 Å². The second kappa shape index (κ2) is 6.35. The van der Waals surface area contributed by atoms with Gasteiger partial charge in [-0.2, -0.15) is 0 Å². The maximum Gasteiger partial charge on any atom is 0.337 e. The molecule has 0 radical (unpaired) electrons. The summed E-state index contributed by atoms with van der Waals surface area (Å²) in [4.78, 5) is 30.4.